The molecule has 0 amide bonds. The van der Waals surface area contributed by atoms with Gasteiger partial charge in [0.1, 0.15) is 48.8 Å². The molecule has 40 heavy (non-hydrogen) atoms. The van der Waals surface area contributed by atoms with Gasteiger partial charge in [-0.3, -0.25) is 0 Å². The Morgan fingerprint density at radius 1 is 0.975 bits per heavy atom. The van der Waals surface area contributed by atoms with Crippen LogP contribution >= 0.6 is 0 Å². The van der Waals surface area contributed by atoms with Crippen LogP contribution in [0.5, 0.6) is 0 Å². The van der Waals surface area contributed by atoms with Crippen molar-refractivity contribution in [3.05, 3.63) is 11.6 Å². The summed E-state index contributed by atoms with van der Waals surface area (Å²) >= 11 is 0. The molecule has 2 aliphatic carbocycles. The minimum atomic E-state index is -1.50. The number of allylic oxidation sites excluding steroid dienone is 1. The molecule has 3 heterocycles. The highest BCUT2D eigenvalue weighted by molar-refractivity contribution is 5.74. The van der Waals surface area contributed by atoms with Crippen LogP contribution in [0.15, 0.2) is 11.6 Å². The lowest BCUT2D eigenvalue weighted by Gasteiger charge is -2.48. The van der Waals surface area contributed by atoms with Crippen LogP contribution in [0.25, 0.3) is 0 Å². The van der Waals surface area contributed by atoms with E-state index in [2.05, 4.69) is 0 Å². The molecule has 0 aromatic carbocycles. The van der Waals surface area contributed by atoms with Gasteiger partial charge in [-0.2, -0.15) is 0 Å². The molecule has 0 aromatic heterocycles. The first-order valence-corrected chi connectivity index (χ1v) is 14.2. The third-order valence-corrected chi connectivity index (χ3v) is 9.10. The Bertz CT molecular complexity index is 924. The van der Waals surface area contributed by atoms with Crippen molar-refractivity contribution in [3.8, 4) is 0 Å². The quantitative estimate of drug-likeness (QED) is 0.216. The van der Waals surface area contributed by atoms with Crippen LogP contribution in [0.1, 0.15) is 52.4 Å². The number of carbonyl (C=O) groups is 1. The molecular weight excluding hydrogens is 532 g/mol. The maximum Gasteiger partial charge on any atom is 0.333 e. The van der Waals surface area contributed by atoms with E-state index in [0.717, 1.165) is 12.0 Å². The first-order valence-electron chi connectivity index (χ1n) is 14.2. The molecule has 5 fully saturated rings. The lowest BCUT2D eigenvalue weighted by Crippen LogP contribution is -2.64. The summed E-state index contributed by atoms with van der Waals surface area (Å²) in [5.74, 6) is -1.11. The normalized spacial score (nSPS) is 48.3. The third kappa shape index (κ3) is 5.71. The summed E-state index contributed by atoms with van der Waals surface area (Å²) in [5.41, 5.74) is 0.335. The van der Waals surface area contributed by atoms with E-state index in [-0.39, 0.29) is 6.61 Å². The van der Waals surface area contributed by atoms with Gasteiger partial charge in [-0.05, 0) is 57.9 Å². The first-order chi connectivity index (χ1) is 19.1. The third-order valence-electron chi connectivity index (χ3n) is 9.10. The molecule has 3 aliphatic heterocycles. The summed E-state index contributed by atoms with van der Waals surface area (Å²) in [6.07, 6.45) is -8.75. The maximum atomic E-state index is 12.2. The van der Waals surface area contributed by atoms with E-state index in [1.54, 1.807) is 6.92 Å². The minimum absolute atomic E-state index is 0.221. The second-order valence-corrected chi connectivity index (χ2v) is 11.7. The predicted molar refractivity (Wildman–Crippen MR) is 134 cm³/mol. The van der Waals surface area contributed by atoms with Gasteiger partial charge in [0.15, 0.2) is 18.7 Å². The van der Waals surface area contributed by atoms with E-state index >= 15 is 0 Å². The van der Waals surface area contributed by atoms with Crippen LogP contribution in [0.2, 0.25) is 0 Å². The van der Waals surface area contributed by atoms with Gasteiger partial charge in [-0.1, -0.05) is 6.08 Å². The molecule has 1 spiro atoms. The minimum Gasteiger partial charge on any atom is -0.479 e. The second kappa shape index (κ2) is 12.2. The van der Waals surface area contributed by atoms with E-state index in [1.807, 2.05) is 13.0 Å². The lowest BCUT2D eigenvalue weighted by molar-refractivity contribution is -0.350. The molecule has 0 radical (unpaired) electrons. The number of fused-ring (bicyclic) bond motifs is 1. The number of rotatable bonds is 6. The molecule has 13 heteroatoms. The number of hydrogen-bond donors (Lipinski definition) is 6. The monoisotopic (exact) mass is 574 g/mol. The average molecular weight is 575 g/mol. The molecule has 0 bridgehead atoms. The van der Waals surface area contributed by atoms with Crippen LogP contribution in [0.4, 0.5) is 0 Å². The maximum absolute atomic E-state index is 12.2. The van der Waals surface area contributed by atoms with Crippen molar-refractivity contribution in [1.82, 2.24) is 0 Å². The zero-order valence-corrected chi connectivity index (χ0v) is 22.8. The number of hydrogen-bond acceptors (Lipinski definition) is 12. The van der Waals surface area contributed by atoms with Gasteiger partial charge in [0.05, 0.1) is 18.8 Å². The largest absolute Gasteiger partial charge is 0.479 e. The van der Waals surface area contributed by atoms with Crippen molar-refractivity contribution in [2.24, 2.45) is 5.41 Å². The number of carboxylic acid groups (broad SMARTS) is 1. The second-order valence-electron chi connectivity index (χ2n) is 11.7. The smallest absolute Gasteiger partial charge is 0.333 e. The van der Waals surface area contributed by atoms with Gasteiger partial charge in [0, 0.05) is 12.0 Å². The number of carboxylic acids is 1. The van der Waals surface area contributed by atoms with E-state index in [4.69, 9.17) is 28.4 Å². The molecule has 0 aromatic rings. The molecule has 13 unspecified atom stereocenters. The Morgan fingerprint density at radius 3 is 2.38 bits per heavy atom. The summed E-state index contributed by atoms with van der Waals surface area (Å²) in [6.45, 7) is 3.09. The number of aliphatic hydroxyl groups is 5. The SMILES string of the molecule is CC=C1CCCC(OC2OC(CO)C(O)C3OC(C(=O)O)C4(CCOC23)CC4)C1OC1OC(C)C(O)C(O)C1O. The van der Waals surface area contributed by atoms with E-state index in [9.17, 15) is 35.4 Å². The Hall–Kier alpha value is -1.23. The summed E-state index contributed by atoms with van der Waals surface area (Å²) in [6, 6.07) is 0. The molecule has 13 nitrogen and oxygen atoms in total. The van der Waals surface area contributed by atoms with Crippen molar-refractivity contribution >= 4 is 5.97 Å². The molecule has 2 saturated carbocycles. The topological polar surface area (TPSA) is 194 Å². The van der Waals surface area contributed by atoms with Gasteiger partial charge >= 0.3 is 5.97 Å². The summed E-state index contributed by atoms with van der Waals surface area (Å²) < 4.78 is 36.4. The Kier molecular flexibility index (Phi) is 9.20. The van der Waals surface area contributed by atoms with E-state index in [1.165, 1.54) is 0 Å². The highest BCUT2D eigenvalue weighted by atomic mass is 16.7. The summed E-state index contributed by atoms with van der Waals surface area (Å²) in [7, 11) is 0. The van der Waals surface area contributed by atoms with Gasteiger partial charge < -0.3 is 59.1 Å². The zero-order valence-electron chi connectivity index (χ0n) is 22.8. The summed E-state index contributed by atoms with van der Waals surface area (Å²) in [5, 5.41) is 61.8. The van der Waals surface area contributed by atoms with Gasteiger partial charge in [0.2, 0.25) is 0 Å². The van der Waals surface area contributed by atoms with Gasteiger partial charge in [0.25, 0.3) is 0 Å². The zero-order chi connectivity index (χ0) is 28.8. The Morgan fingerprint density at radius 2 is 1.73 bits per heavy atom. The molecule has 228 valence electrons. The standard InChI is InChI=1S/C27H42O13/c1-3-13-5-4-6-14(20(13)40-25-19(32)18(31)16(29)12(2)36-25)37-26-22-21(17(30)15(11-28)38-26)39-23(24(33)34)27(7-8-27)9-10-35-22/h3,12,14-23,25-26,28-32H,4-11H2,1-2H3,(H,33,34). The fourth-order valence-electron chi connectivity index (χ4n) is 6.41. The van der Waals surface area contributed by atoms with Crippen LogP contribution in [-0.2, 0) is 33.2 Å². The van der Waals surface area contributed by atoms with Crippen molar-refractivity contribution in [3.63, 3.8) is 0 Å². The number of aliphatic carboxylic acids is 1. The van der Waals surface area contributed by atoms with E-state index in [0.29, 0.717) is 32.1 Å². The number of aliphatic hydroxyl groups excluding tert-OH is 5. The van der Waals surface area contributed by atoms with Crippen molar-refractivity contribution in [2.45, 2.75) is 132 Å². The highest BCUT2D eigenvalue weighted by Gasteiger charge is 2.59. The first kappa shape index (κ1) is 30.2. The number of ether oxygens (including phenoxy) is 6. The van der Waals surface area contributed by atoms with Crippen molar-refractivity contribution < 1.29 is 63.9 Å². The lowest BCUT2D eigenvalue weighted by atomic mass is 9.88. The van der Waals surface area contributed by atoms with Crippen LogP contribution in [0.3, 0.4) is 0 Å². The fraction of sp³-hybridized carbons (Fsp3) is 0.889. The summed E-state index contributed by atoms with van der Waals surface area (Å²) in [4.78, 5) is 12.2. The van der Waals surface area contributed by atoms with Crippen LogP contribution in [-0.4, -0.2) is 130 Å². The average Bonchev–Trinajstić information content (AvgIpc) is 3.71. The van der Waals surface area contributed by atoms with Crippen LogP contribution < -0.4 is 0 Å². The highest BCUT2D eigenvalue weighted by Crippen LogP contribution is 2.54. The molecule has 5 aliphatic rings. The van der Waals surface area contributed by atoms with Gasteiger partial charge in [-0.15, -0.1) is 0 Å². The molecule has 6 N–H and O–H groups in total. The van der Waals surface area contributed by atoms with Crippen LogP contribution in [0, 0.1) is 5.41 Å². The molecular formula is C27H42O13. The Labute approximate surface area is 232 Å². The van der Waals surface area contributed by atoms with Crippen molar-refractivity contribution in [1.29, 1.82) is 0 Å². The molecule has 5 rings (SSSR count). The molecule has 3 saturated heterocycles. The Balaban J connectivity index is 1.37. The molecule has 13 atom stereocenters. The fourth-order valence-corrected chi connectivity index (χ4v) is 6.41. The van der Waals surface area contributed by atoms with Crippen molar-refractivity contribution in [2.75, 3.05) is 13.2 Å². The predicted octanol–water partition coefficient (Wildman–Crippen LogP) is -0.800. The van der Waals surface area contributed by atoms with Gasteiger partial charge in [-0.25, -0.2) is 4.79 Å². The van der Waals surface area contributed by atoms with E-state index < -0.39 is 97.7 Å².